The van der Waals surface area contributed by atoms with Crippen molar-refractivity contribution in [2.24, 2.45) is 0 Å². The molecule has 28 heavy (non-hydrogen) atoms. The summed E-state index contributed by atoms with van der Waals surface area (Å²) in [4.78, 5) is 24.0. The maximum Gasteiger partial charge on any atom is 0.256 e. The van der Waals surface area contributed by atoms with Crippen LogP contribution in [-0.4, -0.2) is 54.9 Å². The van der Waals surface area contributed by atoms with E-state index in [9.17, 15) is 9.18 Å². The van der Waals surface area contributed by atoms with Gasteiger partial charge in [-0.1, -0.05) is 17.7 Å². The number of hydrogen-bond acceptors (Lipinski definition) is 6. The fraction of sp³-hybridized carbons (Fsp3) is 0.278. The van der Waals surface area contributed by atoms with Gasteiger partial charge in [-0.15, -0.1) is 4.80 Å². The van der Waals surface area contributed by atoms with Gasteiger partial charge in [0.15, 0.2) is 5.82 Å². The first-order valence-corrected chi connectivity index (χ1v) is 9.06. The monoisotopic (exact) mass is 403 g/mol. The Balaban J connectivity index is 1.80. The van der Waals surface area contributed by atoms with Crippen LogP contribution in [0.25, 0.3) is 5.69 Å². The second-order valence-electron chi connectivity index (χ2n) is 6.00. The average Bonchev–Trinajstić information content (AvgIpc) is 3.22. The molecule has 0 unspecified atom stereocenters. The lowest BCUT2D eigenvalue weighted by molar-refractivity contribution is 0.0711. The lowest BCUT2D eigenvalue weighted by Crippen LogP contribution is -2.42. The second kappa shape index (κ2) is 8.75. The molecule has 0 aliphatic carbocycles. The van der Waals surface area contributed by atoms with Crippen LogP contribution in [-0.2, 0) is 0 Å². The van der Waals surface area contributed by atoms with E-state index in [1.54, 1.807) is 11.0 Å². The molecule has 3 rings (SSSR count). The summed E-state index contributed by atoms with van der Waals surface area (Å²) in [6.07, 6.45) is 5.81. The molecule has 0 bridgehead atoms. The van der Waals surface area contributed by atoms with Gasteiger partial charge in [0.2, 0.25) is 0 Å². The molecule has 0 aliphatic heterocycles. The fourth-order valence-corrected chi connectivity index (χ4v) is 2.90. The molecule has 3 aromatic rings. The van der Waals surface area contributed by atoms with Crippen LogP contribution in [0.2, 0.25) is 5.15 Å². The lowest BCUT2D eigenvalue weighted by Gasteiger charge is -2.29. The number of nitrogens with one attached hydrogen (secondary N) is 1. The van der Waals surface area contributed by atoms with Crippen molar-refractivity contribution >= 4 is 23.3 Å². The maximum absolute atomic E-state index is 14.4. The SMILES string of the molecule is CCN(C(=O)c1cccc(F)c1-n1nccn1)[C@@H](C)CNc1cnc(Cl)cn1. The van der Waals surface area contributed by atoms with Gasteiger partial charge in [0.25, 0.3) is 5.91 Å². The molecule has 0 spiro atoms. The lowest BCUT2D eigenvalue weighted by atomic mass is 10.1. The largest absolute Gasteiger partial charge is 0.367 e. The van der Waals surface area contributed by atoms with Gasteiger partial charge in [-0.25, -0.2) is 14.4 Å². The van der Waals surface area contributed by atoms with Crippen molar-refractivity contribution in [1.82, 2.24) is 29.9 Å². The molecule has 0 radical (unpaired) electrons. The molecule has 2 heterocycles. The van der Waals surface area contributed by atoms with Crippen LogP contribution in [0.3, 0.4) is 0 Å². The zero-order chi connectivity index (χ0) is 20.1. The molecule has 146 valence electrons. The molecular weight excluding hydrogens is 385 g/mol. The Bertz CT molecular complexity index is 934. The number of carbonyl (C=O) groups excluding carboxylic acids is 1. The first-order chi connectivity index (χ1) is 13.5. The van der Waals surface area contributed by atoms with Crippen molar-refractivity contribution < 1.29 is 9.18 Å². The number of benzene rings is 1. The number of amides is 1. The smallest absolute Gasteiger partial charge is 0.256 e. The molecule has 1 N–H and O–H groups in total. The van der Waals surface area contributed by atoms with Crippen LogP contribution in [0.1, 0.15) is 24.2 Å². The van der Waals surface area contributed by atoms with Gasteiger partial charge >= 0.3 is 0 Å². The predicted molar refractivity (Wildman–Crippen MR) is 103 cm³/mol. The van der Waals surface area contributed by atoms with Crippen molar-refractivity contribution in [3.8, 4) is 5.69 Å². The second-order valence-corrected chi connectivity index (χ2v) is 6.39. The third-order valence-corrected chi connectivity index (χ3v) is 4.36. The van der Waals surface area contributed by atoms with Crippen LogP contribution >= 0.6 is 11.6 Å². The zero-order valence-electron chi connectivity index (χ0n) is 15.4. The predicted octanol–water partition coefficient (Wildman–Crippen LogP) is 2.81. The highest BCUT2D eigenvalue weighted by Crippen LogP contribution is 2.20. The molecule has 0 saturated carbocycles. The van der Waals surface area contributed by atoms with E-state index in [0.717, 1.165) is 4.80 Å². The van der Waals surface area contributed by atoms with Gasteiger partial charge in [-0.3, -0.25) is 4.79 Å². The summed E-state index contributed by atoms with van der Waals surface area (Å²) in [6.45, 7) is 4.63. The highest BCUT2D eigenvalue weighted by atomic mass is 35.5. The van der Waals surface area contributed by atoms with Crippen molar-refractivity contribution in [2.45, 2.75) is 19.9 Å². The van der Waals surface area contributed by atoms with Crippen LogP contribution in [0.15, 0.2) is 43.0 Å². The number of carbonyl (C=O) groups is 1. The number of hydrogen-bond donors (Lipinski definition) is 1. The minimum Gasteiger partial charge on any atom is -0.367 e. The first kappa shape index (κ1) is 19.7. The topological polar surface area (TPSA) is 88.8 Å². The Hall–Kier alpha value is -3.07. The van der Waals surface area contributed by atoms with Crippen molar-refractivity contribution in [1.29, 1.82) is 0 Å². The number of aromatic nitrogens is 5. The van der Waals surface area contributed by atoms with E-state index in [1.165, 1.54) is 36.9 Å². The Morgan fingerprint density at radius 3 is 2.68 bits per heavy atom. The third kappa shape index (κ3) is 4.25. The number of nitrogens with zero attached hydrogens (tertiary/aromatic N) is 6. The van der Waals surface area contributed by atoms with E-state index in [0.29, 0.717) is 24.1 Å². The summed E-state index contributed by atoms with van der Waals surface area (Å²) in [5.74, 6) is -0.335. The van der Waals surface area contributed by atoms with Crippen molar-refractivity contribution in [3.63, 3.8) is 0 Å². The van der Waals surface area contributed by atoms with E-state index < -0.39 is 5.82 Å². The quantitative estimate of drug-likeness (QED) is 0.652. The fourth-order valence-electron chi connectivity index (χ4n) is 2.80. The van der Waals surface area contributed by atoms with Gasteiger partial charge in [0, 0.05) is 19.1 Å². The first-order valence-electron chi connectivity index (χ1n) is 8.68. The molecule has 2 aromatic heterocycles. The molecule has 10 heteroatoms. The molecule has 0 fully saturated rings. The number of likely N-dealkylation sites (N-methyl/N-ethyl adjacent to an activating group) is 1. The van der Waals surface area contributed by atoms with Crippen LogP contribution in [0.4, 0.5) is 10.2 Å². The van der Waals surface area contributed by atoms with E-state index in [2.05, 4.69) is 25.5 Å². The maximum atomic E-state index is 14.4. The number of halogens is 2. The number of rotatable bonds is 7. The van der Waals surface area contributed by atoms with Gasteiger partial charge in [-0.2, -0.15) is 10.2 Å². The van der Waals surface area contributed by atoms with E-state index in [-0.39, 0.29) is 23.2 Å². The highest BCUT2D eigenvalue weighted by Gasteiger charge is 2.25. The van der Waals surface area contributed by atoms with E-state index in [4.69, 9.17) is 11.6 Å². The van der Waals surface area contributed by atoms with E-state index >= 15 is 0 Å². The Labute approximate surface area is 166 Å². The summed E-state index contributed by atoms with van der Waals surface area (Å²) >= 11 is 5.73. The molecule has 0 aliphatic rings. The summed E-state index contributed by atoms with van der Waals surface area (Å²) in [5.41, 5.74) is 0.218. The summed E-state index contributed by atoms with van der Waals surface area (Å²) in [6, 6.07) is 4.14. The van der Waals surface area contributed by atoms with Crippen molar-refractivity contribution in [2.75, 3.05) is 18.4 Å². The molecule has 1 aromatic carbocycles. The normalized spacial score (nSPS) is 11.9. The third-order valence-electron chi connectivity index (χ3n) is 4.17. The van der Waals surface area contributed by atoms with Gasteiger partial charge in [-0.05, 0) is 26.0 Å². The standard InChI is InChI=1S/C18H19ClFN7O/c1-3-26(12(2)9-22-16-11-21-15(19)10-23-16)18(28)13-5-4-6-14(20)17(13)27-24-7-8-25-27/h4-8,10-12H,3,9H2,1-2H3,(H,22,23)/t12-/m0/s1. The van der Waals surface area contributed by atoms with Gasteiger partial charge < -0.3 is 10.2 Å². The van der Waals surface area contributed by atoms with Crippen LogP contribution in [0.5, 0.6) is 0 Å². The molecule has 1 atom stereocenters. The number of anilines is 1. The molecule has 8 nitrogen and oxygen atoms in total. The molecular formula is C18H19ClFN7O. The average molecular weight is 404 g/mol. The molecule has 1 amide bonds. The summed E-state index contributed by atoms with van der Waals surface area (Å²) in [7, 11) is 0. The molecule has 0 saturated heterocycles. The van der Waals surface area contributed by atoms with E-state index in [1.807, 2.05) is 13.8 Å². The Kier molecular flexibility index (Phi) is 6.15. The van der Waals surface area contributed by atoms with Crippen LogP contribution in [0, 0.1) is 5.82 Å². The zero-order valence-corrected chi connectivity index (χ0v) is 16.1. The van der Waals surface area contributed by atoms with Crippen LogP contribution < -0.4 is 5.32 Å². The minimum atomic E-state index is -0.569. The highest BCUT2D eigenvalue weighted by molar-refractivity contribution is 6.29. The Morgan fingerprint density at radius 2 is 2.04 bits per heavy atom. The van der Waals surface area contributed by atoms with Gasteiger partial charge in [0.1, 0.15) is 16.7 Å². The summed E-state index contributed by atoms with van der Waals surface area (Å²) in [5, 5.41) is 11.3. The minimum absolute atomic E-state index is 0.0275. The number of para-hydroxylation sites is 1. The summed E-state index contributed by atoms with van der Waals surface area (Å²) < 4.78 is 14.4. The van der Waals surface area contributed by atoms with Gasteiger partial charge in [0.05, 0.1) is 30.4 Å². The Morgan fingerprint density at radius 1 is 1.29 bits per heavy atom. The van der Waals surface area contributed by atoms with Crippen molar-refractivity contribution in [3.05, 3.63) is 59.5 Å².